The highest BCUT2D eigenvalue weighted by atomic mass is 35.5. The molecule has 0 saturated heterocycles. The lowest BCUT2D eigenvalue weighted by Gasteiger charge is -2.34. The molecule has 0 fully saturated rings. The van der Waals surface area contributed by atoms with Gasteiger partial charge in [0.15, 0.2) is 0 Å². The molecule has 0 aliphatic heterocycles. The maximum atomic E-state index is 13.2. The molecule has 0 spiro atoms. The highest BCUT2D eigenvalue weighted by Gasteiger charge is 2.34. The fraction of sp³-hybridized carbons (Fsp3) is 0.409. The summed E-state index contributed by atoms with van der Waals surface area (Å²) < 4.78 is 26.5. The molecule has 0 bridgehead atoms. The standard InChI is InChI=1S/C22H29ClN2O3S/c1-6-19(21(26)24-22(3,4)15-17-10-8-7-9-11-17)25(29(5,27)28)20-14-18(23)13-12-16(20)2/h7-14,19H,6,15H2,1-5H3,(H,24,26)/t19-/m0/s1. The zero-order chi connectivity index (χ0) is 21.8. The third-order valence-corrected chi connectivity index (χ3v) is 6.09. The van der Waals surface area contributed by atoms with Gasteiger partial charge in [-0.25, -0.2) is 8.42 Å². The molecule has 1 atom stereocenters. The Bertz CT molecular complexity index is 959. The Kier molecular flexibility index (Phi) is 7.35. The number of rotatable bonds is 8. The summed E-state index contributed by atoms with van der Waals surface area (Å²) in [6, 6.07) is 14.0. The lowest BCUT2D eigenvalue weighted by Crippen LogP contribution is -2.55. The number of aryl methyl sites for hydroxylation is 1. The van der Waals surface area contributed by atoms with E-state index in [0.29, 0.717) is 23.6 Å². The molecule has 2 rings (SSSR count). The predicted octanol–water partition coefficient (Wildman–Crippen LogP) is 4.33. The fourth-order valence-corrected chi connectivity index (χ4v) is 4.85. The quantitative estimate of drug-likeness (QED) is 0.669. The van der Waals surface area contributed by atoms with E-state index in [-0.39, 0.29) is 5.91 Å². The molecule has 5 nitrogen and oxygen atoms in total. The number of halogens is 1. The van der Waals surface area contributed by atoms with Gasteiger partial charge < -0.3 is 5.32 Å². The van der Waals surface area contributed by atoms with Crippen molar-refractivity contribution < 1.29 is 13.2 Å². The van der Waals surface area contributed by atoms with Gasteiger partial charge in [0.05, 0.1) is 11.9 Å². The maximum absolute atomic E-state index is 13.2. The second kappa shape index (κ2) is 9.18. The summed E-state index contributed by atoms with van der Waals surface area (Å²) in [4.78, 5) is 13.2. The summed E-state index contributed by atoms with van der Waals surface area (Å²) in [7, 11) is -3.71. The summed E-state index contributed by atoms with van der Waals surface area (Å²) in [5.41, 5.74) is 1.70. The molecule has 0 aliphatic rings. The van der Waals surface area contributed by atoms with E-state index in [2.05, 4.69) is 5.32 Å². The van der Waals surface area contributed by atoms with E-state index < -0.39 is 21.6 Å². The fourth-order valence-electron chi connectivity index (χ4n) is 3.42. The minimum Gasteiger partial charge on any atom is -0.349 e. The molecule has 1 N–H and O–H groups in total. The SMILES string of the molecule is CC[C@@H](C(=O)NC(C)(C)Cc1ccccc1)N(c1cc(Cl)ccc1C)S(C)(=O)=O. The van der Waals surface area contributed by atoms with Gasteiger partial charge in [0.2, 0.25) is 15.9 Å². The van der Waals surface area contributed by atoms with E-state index >= 15 is 0 Å². The van der Waals surface area contributed by atoms with E-state index in [9.17, 15) is 13.2 Å². The first-order chi connectivity index (χ1) is 13.4. The van der Waals surface area contributed by atoms with Gasteiger partial charge in [-0.1, -0.05) is 54.9 Å². The first-order valence-corrected chi connectivity index (χ1v) is 11.8. The number of hydrogen-bond donors (Lipinski definition) is 1. The van der Waals surface area contributed by atoms with Crippen LogP contribution >= 0.6 is 11.6 Å². The third kappa shape index (κ3) is 6.21. The first kappa shape index (κ1) is 23.2. The van der Waals surface area contributed by atoms with Crippen LogP contribution in [0.3, 0.4) is 0 Å². The molecular formula is C22H29ClN2O3S. The smallest absolute Gasteiger partial charge is 0.244 e. The second-order valence-electron chi connectivity index (χ2n) is 7.95. The van der Waals surface area contributed by atoms with E-state index in [1.165, 1.54) is 4.31 Å². The van der Waals surface area contributed by atoms with Crippen molar-refractivity contribution >= 4 is 33.2 Å². The highest BCUT2D eigenvalue weighted by molar-refractivity contribution is 7.92. The summed E-state index contributed by atoms with van der Waals surface area (Å²) >= 11 is 6.11. The van der Waals surface area contributed by atoms with Crippen LogP contribution in [0.25, 0.3) is 0 Å². The van der Waals surface area contributed by atoms with Gasteiger partial charge in [-0.05, 0) is 56.9 Å². The molecule has 2 aromatic rings. The molecule has 1 amide bonds. The van der Waals surface area contributed by atoms with Crippen LogP contribution in [0.4, 0.5) is 5.69 Å². The Hall–Kier alpha value is -2.05. The van der Waals surface area contributed by atoms with Crippen LogP contribution < -0.4 is 9.62 Å². The number of benzene rings is 2. The average Bonchev–Trinajstić information content (AvgIpc) is 2.60. The van der Waals surface area contributed by atoms with Crippen LogP contribution in [0.15, 0.2) is 48.5 Å². The molecule has 29 heavy (non-hydrogen) atoms. The van der Waals surface area contributed by atoms with Gasteiger partial charge in [0, 0.05) is 10.6 Å². The molecule has 2 aromatic carbocycles. The predicted molar refractivity (Wildman–Crippen MR) is 120 cm³/mol. The highest BCUT2D eigenvalue weighted by Crippen LogP contribution is 2.29. The summed E-state index contributed by atoms with van der Waals surface area (Å²) in [5.74, 6) is -0.335. The van der Waals surface area contributed by atoms with Gasteiger partial charge in [-0.15, -0.1) is 0 Å². The topological polar surface area (TPSA) is 66.5 Å². The Labute approximate surface area is 179 Å². The van der Waals surface area contributed by atoms with Crippen molar-refractivity contribution in [3.63, 3.8) is 0 Å². The number of nitrogens with one attached hydrogen (secondary N) is 1. The molecular weight excluding hydrogens is 408 g/mol. The lowest BCUT2D eigenvalue weighted by atomic mass is 9.94. The van der Waals surface area contributed by atoms with Crippen molar-refractivity contribution in [2.24, 2.45) is 0 Å². The first-order valence-electron chi connectivity index (χ1n) is 9.56. The molecule has 0 aromatic heterocycles. The number of amides is 1. The zero-order valence-electron chi connectivity index (χ0n) is 17.6. The van der Waals surface area contributed by atoms with Crippen LogP contribution in [0.2, 0.25) is 5.02 Å². The Balaban J connectivity index is 2.34. The van der Waals surface area contributed by atoms with Crippen molar-refractivity contribution in [2.75, 3.05) is 10.6 Å². The van der Waals surface area contributed by atoms with Crippen molar-refractivity contribution in [3.05, 3.63) is 64.7 Å². The number of nitrogens with zero attached hydrogens (tertiary/aromatic N) is 1. The molecule has 0 aliphatic carbocycles. The van der Waals surface area contributed by atoms with E-state index in [1.54, 1.807) is 32.0 Å². The van der Waals surface area contributed by atoms with Crippen LogP contribution in [-0.4, -0.2) is 32.2 Å². The molecule has 0 radical (unpaired) electrons. The van der Waals surface area contributed by atoms with Gasteiger partial charge in [0.25, 0.3) is 0 Å². The van der Waals surface area contributed by atoms with E-state index in [1.807, 2.05) is 44.2 Å². The summed E-state index contributed by atoms with van der Waals surface area (Å²) in [6.45, 7) is 7.46. The zero-order valence-corrected chi connectivity index (χ0v) is 19.1. The van der Waals surface area contributed by atoms with Gasteiger partial charge in [0.1, 0.15) is 6.04 Å². The third-order valence-electron chi connectivity index (χ3n) is 4.69. The largest absolute Gasteiger partial charge is 0.349 e. The number of hydrogen-bond acceptors (Lipinski definition) is 3. The monoisotopic (exact) mass is 436 g/mol. The molecule has 7 heteroatoms. The Morgan fingerprint density at radius 2 is 1.79 bits per heavy atom. The molecule has 158 valence electrons. The van der Waals surface area contributed by atoms with Crippen molar-refractivity contribution in [1.29, 1.82) is 0 Å². The van der Waals surface area contributed by atoms with Crippen LogP contribution in [0.5, 0.6) is 0 Å². The minimum atomic E-state index is -3.71. The summed E-state index contributed by atoms with van der Waals surface area (Å²) in [5, 5.41) is 3.45. The molecule has 0 unspecified atom stereocenters. The van der Waals surface area contributed by atoms with E-state index in [0.717, 1.165) is 17.4 Å². The second-order valence-corrected chi connectivity index (χ2v) is 10.2. The molecule has 0 heterocycles. The van der Waals surface area contributed by atoms with Gasteiger partial charge in [-0.3, -0.25) is 9.10 Å². The van der Waals surface area contributed by atoms with Crippen molar-refractivity contribution in [3.8, 4) is 0 Å². The number of carbonyl (C=O) groups excluding carboxylic acids is 1. The van der Waals surface area contributed by atoms with Crippen LogP contribution in [0.1, 0.15) is 38.3 Å². The minimum absolute atomic E-state index is 0.326. The van der Waals surface area contributed by atoms with Crippen molar-refractivity contribution in [2.45, 2.75) is 52.1 Å². The normalized spacial score (nSPS) is 13.0. The average molecular weight is 437 g/mol. The molecule has 0 saturated carbocycles. The maximum Gasteiger partial charge on any atom is 0.244 e. The van der Waals surface area contributed by atoms with Crippen molar-refractivity contribution in [1.82, 2.24) is 5.32 Å². The Morgan fingerprint density at radius 1 is 1.17 bits per heavy atom. The summed E-state index contributed by atoms with van der Waals surface area (Å²) in [6.07, 6.45) is 2.07. The van der Waals surface area contributed by atoms with Gasteiger partial charge >= 0.3 is 0 Å². The number of sulfonamides is 1. The Morgan fingerprint density at radius 3 is 2.34 bits per heavy atom. The van der Waals surface area contributed by atoms with E-state index in [4.69, 9.17) is 11.6 Å². The number of anilines is 1. The number of carbonyl (C=O) groups is 1. The van der Waals surface area contributed by atoms with Crippen LogP contribution in [-0.2, 0) is 21.2 Å². The lowest BCUT2D eigenvalue weighted by molar-refractivity contribution is -0.123. The van der Waals surface area contributed by atoms with Crippen LogP contribution in [0, 0.1) is 6.92 Å². The van der Waals surface area contributed by atoms with Gasteiger partial charge in [-0.2, -0.15) is 0 Å².